The number of alkyl halides is 12. The third-order valence-electron chi connectivity index (χ3n) is 9.67. The number of nitrogens with zero attached hydrogens (tertiary/aromatic N) is 17. The molecule has 0 unspecified atom stereocenters. The molecule has 0 saturated carbocycles. The summed E-state index contributed by atoms with van der Waals surface area (Å²) in [6.45, 7) is 21.2. The predicted octanol–water partition coefficient (Wildman–Crippen LogP) is 13.2. The van der Waals surface area contributed by atoms with Crippen LogP contribution >= 0.6 is 11.5 Å². The van der Waals surface area contributed by atoms with Crippen LogP contribution in [0.4, 0.5) is 62.9 Å². The molecule has 23 nitrogen and oxygen atoms in total. The largest absolute Gasteiger partial charge is 0.452 e. The Morgan fingerprint density at radius 1 is 0.494 bits per heavy atom. The van der Waals surface area contributed by atoms with Crippen LogP contribution in [0.1, 0.15) is 90.6 Å². The number of imidazole rings is 2. The van der Waals surface area contributed by atoms with E-state index in [2.05, 4.69) is 70.6 Å². The topological polar surface area (TPSA) is 262 Å². The average Bonchev–Trinajstić information content (AvgIpc) is 2.09. The third kappa shape index (κ3) is 30.0. The highest BCUT2D eigenvalue weighted by atomic mass is 32.1. The Balaban J connectivity index is 0.000000486. The van der Waals surface area contributed by atoms with E-state index < -0.39 is 58.3 Å². The van der Waals surface area contributed by atoms with Crippen molar-refractivity contribution in [3.05, 3.63) is 174 Å². The van der Waals surface area contributed by atoms with Crippen LogP contribution in [0.15, 0.2) is 85.7 Å². The molecule has 0 bridgehead atoms. The Labute approximate surface area is 492 Å². The molecule has 0 saturated heterocycles. The molecule has 0 spiro atoms. The Morgan fingerprint density at radius 2 is 0.966 bits per heavy atom. The standard InChI is InChI=1S/C6H6F4N2.C6H7F3N2.C6H10N2.2C5H4F3NO.C5H8N2.2C5H7NO.C4H5N3O2.C3H4N2S/c1-3-4(7)5(6(8,9)10)11-12(3)2;1-4-3-5(6(7,8)9)10-11(4)2;1-5-4-6(2)8(3)7-5;1-3-2-4(9-10-3)5(6,7)8;1-3-2-4(10-9-3)5(6,7)8;1-5-3-7(2)4-6-5;2*1-4-3-5(2)7-6-4;1-6-2-4(5-3-6)7(8)9;1-3-2-4-5-6-3/h1-2H3;3H,1-2H3;4H,1-3H3;2*2H,1H3;3-4H,1-2H3;2*3H,1-2H3;2-3H,1H3;2H,1H3. The molecule has 10 heterocycles. The van der Waals surface area contributed by atoms with Gasteiger partial charge in [-0.05, 0) is 117 Å². The molecule has 0 aliphatic carbocycles. The van der Waals surface area contributed by atoms with Crippen LogP contribution in [-0.4, -0.2) is 83.6 Å². The minimum absolute atomic E-state index is 0.113. The minimum Gasteiger partial charge on any atom is -0.361 e. The quantitative estimate of drug-likeness (QED) is 0.0840. The summed E-state index contributed by atoms with van der Waals surface area (Å²) in [5.41, 5.74) is 2.59. The van der Waals surface area contributed by atoms with E-state index in [1.54, 1.807) is 26.5 Å². The van der Waals surface area contributed by atoms with Gasteiger partial charge in [-0.15, -0.1) is 5.10 Å². The molecule has 0 radical (unpaired) electrons. The van der Waals surface area contributed by atoms with Gasteiger partial charge >= 0.3 is 30.5 Å². The molecular formula is C50H62F13N17O6S. The maximum atomic E-state index is 12.7. The van der Waals surface area contributed by atoms with Crippen LogP contribution in [-0.2, 0) is 59.9 Å². The number of aromatic nitrogens is 16. The molecule has 0 fully saturated rings. The summed E-state index contributed by atoms with van der Waals surface area (Å²) < 4.78 is 183. The predicted molar refractivity (Wildman–Crippen MR) is 285 cm³/mol. The summed E-state index contributed by atoms with van der Waals surface area (Å²) in [5, 5.41) is 37.1. The van der Waals surface area contributed by atoms with Gasteiger partial charge in [-0.3, -0.25) is 14.0 Å². The lowest BCUT2D eigenvalue weighted by Crippen LogP contribution is -2.08. The molecule has 10 aromatic rings. The summed E-state index contributed by atoms with van der Waals surface area (Å²) in [5.74, 6) is -0.560. The third-order valence-corrected chi connectivity index (χ3v) is 10.2. The molecule has 0 amide bonds. The Kier molecular flexibility index (Phi) is 29.8. The zero-order chi connectivity index (χ0) is 66.9. The van der Waals surface area contributed by atoms with Crippen molar-refractivity contribution in [1.82, 2.24) is 78.7 Å². The molecule has 0 aromatic carbocycles. The Morgan fingerprint density at radius 3 is 1.13 bits per heavy atom. The van der Waals surface area contributed by atoms with Gasteiger partial charge < -0.3 is 37.3 Å². The highest BCUT2D eigenvalue weighted by Crippen LogP contribution is 2.32. The normalized spacial score (nSPS) is 10.7. The highest BCUT2D eigenvalue weighted by molar-refractivity contribution is 7.05. The number of aryl methyl sites for hydroxylation is 16. The first-order valence-corrected chi connectivity index (χ1v) is 25.1. The van der Waals surface area contributed by atoms with Crippen molar-refractivity contribution in [1.29, 1.82) is 0 Å². The van der Waals surface area contributed by atoms with E-state index in [9.17, 15) is 67.2 Å². The smallest absolute Gasteiger partial charge is 0.361 e. The van der Waals surface area contributed by atoms with Gasteiger partial charge in [0.2, 0.25) is 17.8 Å². The molecule has 480 valence electrons. The molecule has 0 atom stereocenters. The maximum Gasteiger partial charge on any atom is 0.452 e. The lowest BCUT2D eigenvalue weighted by Gasteiger charge is -1.99. The molecule has 87 heavy (non-hydrogen) atoms. The zero-order valence-corrected chi connectivity index (χ0v) is 50.5. The van der Waals surface area contributed by atoms with Gasteiger partial charge in [0.25, 0.3) is 0 Å². The second kappa shape index (κ2) is 34.2. The van der Waals surface area contributed by atoms with Crippen molar-refractivity contribution in [2.45, 2.75) is 108 Å². The van der Waals surface area contributed by atoms with Crippen molar-refractivity contribution in [2.24, 2.45) is 35.2 Å². The first-order chi connectivity index (χ1) is 39.9. The SMILES string of the molecule is Cc1c(F)c(C(F)(F)F)nn1C.Cc1cc(C(F)(F)F)nn1C.Cc1cc(C(F)(F)F)no1.Cc1cc(C(F)(F)F)on1.Cc1cc(C)n(C)n1.Cc1cc(C)on1.Cc1cc(C)on1.Cc1cn(C)cn1.Cc1cnns1.Cn1cnc([N+](=O)[O-])c1. The molecule has 0 N–H and O–H groups in total. The van der Waals surface area contributed by atoms with E-state index in [1.165, 1.54) is 73.9 Å². The van der Waals surface area contributed by atoms with E-state index in [0.717, 1.165) is 62.1 Å². The highest BCUT2D eigenvalue weighted by Gasteiger charge is 2.39. The van der Waals surface area contributed by atoms with Crippen molar-refractivity contribution >= 4 is 17.4 Å². The number of halogens is 13. The Bertz CT molecular complexity index is 3330. The molecule has 0 aliphatic rings. The van der Waals surface area contributed by atoms with Crippen molar-refractivity contribution < 1.29 is 80.1 Å². The fraction of sp³-hybridized carbons (Fsp3) is 0.420. The van der Waals surface area contributed by atoms with Gasteiger partial charge in [-0.25, -0.2) is 9.37 Å². The van der Waals surface area contributed by atoms with Crippen molar-refractivity contribution in [3.8, 4) is 0 Å². The number of nitro groups is 1. The number of rotatable bonds is 1. The zero-order valence-electron chi connectivity index (χ0n) is 49.7. The van der Waals surface area contributed by atoms with Crippen molar-refractivity contribution in [3.63, 3.8) is 0 Å². The van der Waals surface area contributed by atoms with Gasteiger partial charge in [0.15, 0.2) is 17.2 Å². The fourth-order valence-electron chi connectivity index (χ4n) is 5.43. The molecule has 37 heteroatoms. The van der Waals surface area contributed by atoms with Crippen LogP contribution in [0.5, 0.6) is 0 Å². The van der Waals surface area contributed by atoms with Crippen molar-refractivity contribution in [2.75, 3.05) is 0 Å². The molecular weight excluding hydrogens is 1210 g/mol. The second-order valence-electron chi connectivity index (χ2n) is 17.9. The maximum absolute atomic E-state index is 12.7. The van der Waals surface area contributed by atoms with Gasteiger partial charge in [0, 0.05) is 82.0 Å². The summed E-state index contributed by atoms with van der Waals surface area (Å²) in [6, 6.07) is 8.54. The van der Waals surface area contributed by atoms with E-state index >= 15 is 0 Å². The fourth-order valence-corrected chi connectivity index (χ4v) is 5.75. The van der Waals surface area contributed by atoms with Gasteiger partial charge in [-0.1, -0.05) is 25.1 Å². The van der Waals surface area contributed by atoms with Gasteiger partial charge in [0.1, 0.15) is 23.5 Å². The second-order valence-corrected chi connectivity index (χ2v) is 18.9. The average molecular weight is 1280 g/mol. The Hall–Kier alpha value is -9.06. The van der Waals surface area contributed by atoms with Crippen LogP contribution < -0.4 is 0 Å². The van der Waals surface area contributed by atoms with E-state index in [4.69, 9.17) is 9.05 Å². The molecule has 10 aromatic heterocycles. The van der Waals surface area contributed by atoms with Gasteiger partial charge in [-0.2, -0.15) is 68.0 Å². The lowest BCUT2D eigenvalue weighted by atomic mass is 10.3. The first-order valence-electron chi connectivity index (χ1n) is 24.3. The molecule has 10 rings (SSSR count). The van der Waals surface area contributed by atoms with E-state index in [-0.39, 0.29) is 23.0 Å². The van der Waals surface area contributed by atoms with Crippen LogP contribution in [0.3, 0.4) is 0 Å². The summed E-state index contributed by atoms with van der Waals surface area (Å²) in [4.78, 5) is 18.0. The first kappa shape index (κ1) is 76.0. The van der Waals surface area contributed by atoms with E-state index in [0.29, 0.717) is 5.69 Å². The number of hydrogen-bond acceptors (Lipinski definition) is 18. The monoisotopic (exact) mass is 1280 g/mol. The van der Waals surface area contributed by atoms with Crippen LogP contribution in [0.25, 0.3) is 0 Å². The summed E-state index contributed by atoms with van der Waals surface area (Å²) >= 11 is 1.42. The number of hydrogen-bond donors (Lipinski definition) is 0. The molecule has 0 aliphatic heterocycles. The van der Waals surface area contributed by atoms with Crippen LogP contribution in [0, 0.1) is 99.0 Å². The minimum atomic E-state index is -4.71. The van der Waals surface area contributed by atoms with Crippen LogP contribution in [0.2, 0.25) is 0 Å². The summed E-state index contributed by atoms with van der Waals surface area (Å²) in [6.07, 6.45) is -9.61. The van der Waals surface area contributed by atoms with E-state index in [1.807, 2.05) is 97.1 Å². The van der Waals surface area contributed by atoms with Gasteiger partial charge in [0.05, 0.1) is 46.7 Å². The lowest BCUT2D eigenvalue weighted by molar-refractivity contribution is -0.389. The summed E-state index contributed by atoms with van der Waals surface area (Å²) in [7, 11) is 8.32.